The molecule has 0 saturated heterocycles. The van der Waals surface area contributed by atoms with Gasteiger partial charge in [0.05, 0.1) is 5.69 Å². The van der Waals surface area contributed by atoms with Crippen molar-refractivity contribution in [3.8, 4) is 0 Å². The first-order valence-corrected chi connectivity index (χ1v) is 8.73. The van der Waals surface area contributed by atoms with Crippen LogP contribution in [0.1, 0.15) is 26.2 Å². The summed E-state index contributed by atoms with van der Waals surface area (Å²) in [7, 11) is -3.78. The van der Waals surface area contributed by atoms with Gasteiger partial charge in [0.2, 0.25) is 5.96 Å². The Morgan fingerprint density at radius 2 is 2.05 bits per heavy atom. The molecule has 6 nitrogen and oxygen atoms in total. The highest BCUT2D eigenvalue weighted by Gasteiger charge is 2.26. The average Bonchev–Trinajstić information content (AvgIpc) is 2.47. The van der Waals surface area contributed by atoms with Crippen LogP contribution in [0.4, 0.5) is 10.1 Å². The van der Waals surface area contributed by atoms with Crippen molar-refractivity contribution in [1.29, 1.82) is 0 Å². The highest BCUT2D eigenvalue weighted by atomic mass is 32.2. The number of nitrogens with one attached hydrogen (secondary N) is 2. The van der Waals surface area contributed by atoms with Gasteiger partial charge in [-0.3, -0.25) is 4.99 Å². The van der Waals surface area contributed by atoms with E-state index in [2.05, 4.69) is 22.0 Å². The smallest absolute Gasteiger partial charge is 0.266 e. The van der Waals surface area contributed by atoms with Gasteiger partial charge in [-0.15, -0.1) is 0 Å². The Balaban J connectivity index is 1.92. The second-order valence-electron chi connectivity index (χ2n) is 4.92. The fraction of sp³-hybridized carbons (Fsp3) is 0.500. The molecule has 1 aromatic carbocycles. The van der Waals surface area contributed by atoms with Crippen LogP contribution in [0.15, 0.2) is 28.1 Å². The third-order valence-corrected chi connectivity index (χ3v) is 4.46. The summed E-state index contributed by atoms with van der Waals surface area (Å²) < 4.78 is 44.9. The highest BCUT2D eigenvalue weighted by molar-refractivity contribution is 7.90. The van der Waals surface area contributed by atoms with Gasteiger partial charge in [0.25, 0.3) is 10.0 Å². The van der Waals surface area contributed by atoms with Gasteiger partial charge in [-0.25, -0.2) is 17.5 Å². The number of hydrogen-bond acceptors (Lipinski definition) is 4. The molecule has 0 radical (unpaired) electrons. The molecule has 0 spiro atoms. The minimum Gasteiger partial charge on any atom is -0.381 e. The van der Waals surface area contributed by atoms with Gasteiger partial charge in [-0.1, -0.05) is 13.3 Å². The van der Waals surface area contributed by atoms with Crippen LogP contribution in [0.25, 0.3) is 0 Å². The molecule has 8 heteroatoms. The number of unbranched alkanes of at least 4 members (excludes halogenated alkanes) is 1. The van der Waals surface area contributed by atoms with Crippen LogP contribution in [0.3, 0.4) is 0 Å². The van der Waals surface area contributed by atoms with Crippen LogP contribution in [-0.4, -0.2) is 34.1 Å². The van der Waals surface area contributed by atoms with Gasteiger partial charge in [0.15, 0.2) is 0 Å². The number of anilines is 1. The number of sulfonamides is 1. The SMILES string of the molecule is CCCCOCCCN=C1Nc2ccc(F)cc2S(=O)(=O)N1. The lowest BCUT2D eigenvalue weighted by Gasteiger charge is -2.21. The van der Waals surface area contributed by atoms with Crippen molar-refractivity contribution in [3.05, 3.63) is 24.0 Å². The number of halogens is 1. The van der Waals surface area contributed by atoms with E-state index in [1.54, 1.807) is 0 Å². The number of rotatable bonds is 7. The molecule has 0 amide bonds. The molecule has 1 aliphatic heterocycles. The third-order valence-electron chi connectivity index (χ3n) is 3.08. The van der Waals surface area contributed by atoms with E-state index in [0.29, 0.717) is 25.3 Å². The van der Waals surface area contributed by atoms with Gasteiger partial charge >= 0.3 is 0 Å². The fourth-order valence-electron chi connectivity index (χ4n) is 1.93. The zero-order valence-electron chi connectivity index (χ0n) is 12.4. The van der Waals surface area contributed by atoms with E-state index < -0.39 is 15.8 Å². The summed E-state index contributed by atoms with van der Waals surface area (Å²) in [6.07, 6.45) is 2.82. The lowest BCUT2D eigenvalue weighted by atomic mass is 10.3. The van der Waals surface area contributed by atoms with Crippen molar-refractivity contribution in [2.24, 2.45) is 4.99 Å². The monoisotopic (exact) mass is 329 g/mol. The van der Waals surface area contributed by atoms with Gasteiger partial charge in [0.1, 0.15) is 10.7 Å². The Morgan fingerprint density at radius 3 is 2.82 bits per heavy atom. The summed E-state index contributed by atoms with van der Waals surface area (Å²) in [5.41, 5.74) is 0.318. The van der Waals surface area contributed by atoms with Gasteiger partial charge in [-0.05, 0) is 31.0 Å². The Bertz CT molecular complexity index is 647. The molecule has 0 atom stereocenters. The van der Waals surface area contributed by atoms with Gasteiger partial charge < -0.3 is 10.1 Å². The number of fused-ring (bicyclic) bond motifs is 1. The van der Waals surface area contributed by atoms with Crippen molar-refractivity contribution in [2.45, 2.75) is 31.1 Å². The molecule has 0 aliphatic carbocycles. The Labute approximate surface area is 129 Å². The first-order valence-electron chi connectivity index (χ1n) is 7.24. The molecule has 0 unspecified atom stereocenters. The number of nitrogens with zero attached hydrogens (tertiary/aromatic N) is 1. The Morgan fingerprint density at radius 1 is 1.27 bits per heavy atom. The molecule has 122 valence electrons. The van der Waals surface area contributed by atoms with E-state index in [0.717, 1.165) is 25.5 Å². The summed E-state index contributed by atoms with van der Waals surface area (Å²) in [6.45, 7) is 3.86. The minimum absolute atomic E-state index is 0.116. The quantitative estimate of drug-likeness (QED) is 0.751. The number of aliphatic imine (C=N–C) groups is 1. The predicted molar refractivity (Wildman–Crippen MR) is 83.0 cm³/mol. The van der Waals surface area contributed by atoms with Crippen LogP contribution in [0.5, 0.6) is 0 Å². The molecule has 2 N–H and O–H groups in total. The molecule has 1 aliphatic rings. The maximum atomic E-state index is 13.1. The number of ether oxygens (including phenoxy) is 1. The minimum atomic E-state index is -3.78. The van der Waals surface area contributed by atoms with Crippen LogP contribution < -0.4 is 10.0 Å². The Hall–Kier alpha value is -1.67. The van der Waals surface area contributed by atoms with Crippen LogP contribution >= 0.6 is 0 Å². The average molecular weight is 329 g/mol. The van der Waals surface area contributed by atoms with E-state index in [-0.39, 0.29) is 10.9 Å². The summed E-state index contributed by atoms with van der Waals surface area (Å²) in [5.74, 6) is -0.455. The lowest BCUT2D eigenvalue weighted by molar-refractivity contribution is 0.130. The van der Waals surface area contributed by atoms with Gasteiger partial charge in [0, 0.05) is 19.8 Å². The van der Waals surface area contributed by atoms with E-state index in [9.17, 15) is 12.8 Å². The van der Waals surface area contributed by atoms with Crippen molar-refractivity contribution < 1.29 is 17.5 Å². The van der Waals surface area contributed by atoms with Crippen LogP contribution in [0.2, 0.25) is 0 Å². The molecule has 1 aromatic rings. The van der Waals surface area contributed by atoms with Crippen molar-refractivity contribution in [2.75, 3.05) is 25.1 Å². The number of hydrogen-bond donors (Lipinski definition) is 2. The highest BCUT2D eigenvalue weighted by Crippen LogP contribution is 2.25. The van der Waals surface area contributed by atoms with Crippen LogP contribution in [0, 0.1) is 5.82 Å². The van der Waals surface area contributed by atoms with Crippen molar-refractivity contribution in [1.82, 2.24) is 4.72 Å². The summed E-state index contributed by atoms with van der Waals surface area (Å²) in [6, 6.07) is 3.56. The molecule has 0 saturated carbocycles. The number of benzene rings is 1. The van der Waals surface area contributed by atoms with E-state index >= 15 is 0 Å². The molecule has 0 aromatic heterocycles. The van der Waals surface area contributed by atoms with E-state index in [1.807, 2.05) is 0 Å². The molecular formula is C14H20FN3O3S. The fourth-order valence-corrected chi connectivity index (χ4v) is 3.09. The third kappa shape index (κ3) is 4.41. The van der Waals surface area contributed by atoms with E-state index in [1.165, 1.54) is 12.1 Å². The van der Waals surface area contributed by atoms with E-state index in [4.69, 9.17) is 4.74 Å². The first-order chi connectivity index (χ1) is 10.5. The lowest BCUT2D eigenvalue weighted by Crippen LogP contribution is -2.41. The maximum Gasteiger partial charge on any atom is 0.266 e. The van der Waals surface area contributed by atoms with Crippen LogP contribution in [-0.2, 0) is 14.8 Å². The van der Waals surface area contributed by atoms with Crippen molar-refractivity contribution in [3.63, 3.8) is 0 Å². The molecule has 2 rings (SSSR count). The molecular weight excluding hydrogens is 309 g/mol. The zero-order chi connectivity index (χ0) is 16.0. The van der Waals surface area contributed by atoms with Gasteiger partial charge in [-0.2, -0.15) is 0 Å². The topological polar surface area (TPSA) is 79.8 Å². The summed E-state index contributed by atoms with van der Waals surface area (Å²) >= 11 is 0. The largest absolute Gasteiger partial charge is 0.381 e. The standard InChI is InChI=1S/C14H20FN3O3S/c1-2-3-8-21-9-4-7-16-14-17-12-6-5-11(15)10-13(12)22(19,20)18-14/h5-6,10H,2-4,7-9H2,1H3,(H2,16,17,18). The second-order valence-corrected chi connectivity index (χ2v) is 6.57. The van der Waals surface area contributed by atoms with Crippen molar-refractivity contribution >= 4 is 21.7 Å². The second kappa shape index (κ2) is 7.55. The summed E-state index contributed by atoms with van der Waals surface area (Å²) in [5, 5.41) is 2.84. The normalized spacial score (nSPS) is 17.6. The predicted octanol–water partition coefficient (Wildman–Crippen LogP) is 2.09. The Kier molecular flexibility index (Phi) is 5.73. The molecule has 1 heterocycles. The number of guanidine groups is 1. The zero-order valence-corrected chi connectivity index (χ0v) is 13.2. The molecule has 22 heavy (non-hydrogen) atoms. The molecule has 0 bridgehead atoms. The summed E-state index contributed by atoms with van der Waals surface area (Å²) in [4.78, 5) is 4.04. The maximum absolute atomic E-state index is 13.1. The molecule has 0 fully saturated rings. The first kappa shape index (κ1) is 16.7.